The summed E-state index contributed by atoms with van der Waals surface area (Å²) in [5.41, 5.74) is 0.818. The topological polar surface area (TPSA) is 107 Å². The van der Waals surface area contributed by atoms with Crippen LogP contribution in [-0.2, 0) is 21.0 Å². The maximum atomic E-state index is 12.6. The van der Waals surface area contributed by atoms with E-state index in [4.69, 9.17) is 9.84 Å². The molecule has 0 spiro atoms. The van der Waals surface area contributed by atoms with Crippen LogP contribution >= 0.6 is 11.8 Å². The molecule has 0 saturated heterocycles. The fraction of sp³-hybridized carbons (Fsp3) is 0.526. The molecule has 0 fully saturated rings. The summed E-state index contributed by atoms with van der Waals surface area (Å²) in [5, 5.41) is 12.5. The number of hydrogen-bond donors (Lipinski definition) is 2. The molecule has 27 heavy (non-hydrogen) atoms. The lowest BCUT2D eigenvalue weighted by Crippen LogP contribution is -2.51. The van der Waals surface area contributed by atoms with E-state index in [9.17, 15) is 14.4 Å². The molecule has 0 aliphatic carbocycles. The highest BCUT2D eigenvalue weighted by Crippen LogP contribution is 2.15. The molecule has 0 radical (unpaired) electrons. The van der Waals surface area contributed by atoms with E-state index < -0.39 is 24.0 Å². The minimum absolute atomic E-state index is 0.154. The van der Waals surface area contributed by atoms with E-state index in [1.807, 2.05) is 20.1 Å². The zero-order valence-electron chi connectivity index (χ0n) is 16.0. The molecule has 2 atom stereocenters. The van der Waals surface area contributed by atoms with Crippen LogP contribution in [0.15, 0.2) is 24.3 Å². The number of carbonyl (C=O) groups is 3. The van der Waals surface area contributed by atoms with Crippen molar-refractivity contribution in [2.24, 2.45) is 5.92 Å². The van der Waals surface area contributed by atoms with Crippen molar-refractivity contribution >= 4 is 30.0 Å². The maximum Gasteiger partial charge on any atom is 0.334 e. The highest BCUT2D eigenvalue weighted by molar-refractivity contribution is 7.98. The zero-order chi connectivity index (χ0) is 20.2. The van der Waals surface area contributed by atoms with Crippen LogP contribution in [0.3, 0.4) is 0 Å². The summed E-state index contributed by atoms with van der Waals surface area (Å²) in [6, 6.07) is 5.21. The van der Waals surface area contributed by atoms with Crippen molar-refractivity contribution < 1.29 is 24.2 Å². The second-order valence-electron chi connectivity index (χ2n) is 6.55. The van der Waals surface area contributed by atoms with Crippen LogP contribution in [0, 0.1) is 5.92 Å². The maximum absolute atomic E-state index is 12.6. The molecule has 7 nitrogen and oxygen atoms in total. The lowest BCUT2D eigenvalue weighted by molar-refractivity contribution is -0.140. The molecule has 0 aliphatic heterocycles. The van der Waals surface area contributed by atoms with Gasteiger partial charge in [-0.1, -0.05) is 13.8 Å². The van der Waals surface area contributed by atoms with Crippen molar-refractivity contribution in [3.05, 3.63) is 29.8 Å². The Morgan fingerprint density at radius 2 is 1.89 bits per heavy atom. The molecule has 1 aromatic carbocycles. The van der Waals surface area contributed by atoms with Crippen molar-refractivity contribution in [1.82, 2.24) is 10.6 Å². The van der Waals surface area contributed by atoms with E-state index in [0.29, 0.717) is 30.8 Å². The van der Waals surface area contributed by atoms with Crippen LogP contribution in [-0.4, -0.2) is 47.5 Å². The van der Waals surface area contributed by atoms with Gasteiger partial charge in [0.2, 0.25) is 12.3 Å². The van der Waals surface area contributed by atoms with Gasteiger partial charge >= 0.3 is 5.97 Å². The Bertz CT molecular complexity index is 607. The Kier molecular flexibility index (Phi) is 10.5. The summed E-state index contributed by atoms with van der Waals surface area (Å²) in [7, 11) is 0. The molecule has 2 amide bonds. The van der Waals surface area contributed by atoms with Crippen LogP contribution < -0.4 is 15.4 Å². The van der Waals surface area contributed by atoms with Crippen LogP contribution in [0.2, 0.25) is 0 Å². The number of nitrogens with one attached hydrogen (secondary N) is 2. The predicted molar refractivity (Wildman–Crippen MR) is 107 cm³/mol. The summed E-state index contributed by atoms with van der Waals surface area (Å²) in [5.74, 6) is 0.289. The Labute approximate surface area is 164 Å². The third-order valence-electron chi connectivity index (χ3n) is 3.85. The minimum atomic E-state index is -0.807. The molecule has 0 saturated carbocycles. The van der Waals surface area contributed by atoms with Crippen LogP contribution in [0.5, 0.6) is 5.75 Å². The third kappa shape index (κ3) is 8.45. The highest BCUT2D eigenvalue weighted by atomic mass is 32.2. The first kappa shape index (κ1) is 23.0. The van der Waals surface area contributed by atoms with Gasteiger partial charge in [0, 0.05) is 5.56 Å². The highest BCUT2D eigenvalue weighted by Gasteiger charge is 2.27. The molecule has 0 aliphatic rings. The fourth-order valence-electron chi connectivity index (χ4n) is 2.43. The average Bonchev–Trinajstić information content (AvgIpc) is 2.64. The number of esters is 1. The third-order valence-corrected chi connectivity index (χ3v) is 4.49. The molecule has 2 unspecified atom stereocenters. The Morgan fingerprint density at radius 3 is 2.41 bits per heavy atom. The van der Waals surface area contributed by atoms with Crippen molar-refractivity contribution in [3.63, 3.8) is 0 Å². The first-order valence-electron chi connectivity index (χ1n) is 8.85. The molecule has 0 aromatic heterocycles. The van der Waals surface area contributed by atoms with Gasteiger partial charge in [0.05, 0.1) is 0 Å². The molecule has 8 heteroatoms. The van der Waals surface area contributed by atoms with E-state index in [1.165, 1.54) is 0 Å². The van der Waals surface area contributed by atoms with E-state index in [-0.39, 0.29) is 12.5 Å². The molecule has 0 heterocycles. The molecular formula is C19H29N2O5S+. The number of ether oxygens (including phenoxy) is 1. The summed E-state index contributed by atoms with van der Waals surface area (Å²) in [4.78, 5) is 35.8. The Morgan fingerprint density at radius 1 is 1.22 bits per heavy atom. The molecule has 1 aromatic rings. The van der Waals surface area contributed by atoms with E-state index >= 15 is 0 Å². The monoisotopic (exact) mass is 397 g/mol. The summed E-state index contributed by atoms with van der Waals surface area (Å²) >= 11 is 1.57. The summed E-state index contributed by atoms with van der Waals surface area (Å²) < 4.78 is 5.39. The lowest BCUT2D eigenvalue weighted by atomic mass is 10.0. The molecular weight excluding hydrogens is 368 g/mol. The molecule has 0 bridgehead atoms. The van der Waals surface area contributed by atoms with Crippen LogP contribution in [0.25, 0.3) is 0 Å². The predicted octanol–water partition coefficient (Wildman–Crippen LogP) is 1.22. The molecule has 4 N–H and O–H groups in total. The molecule has 1 rings (SSSR count). The largest absolute Gasteiger partial charge is 0.442 e. The quantitative estimate of drug-likeness (QED) is 0.239. The number of rotatable bonds is 12. The Hall–Kier alpha value is -2.06. The number of benzene rings is 1. The van der Waals surface area contributed by atoms with Crippen molar-refractivity contribution in [2.75, 3.05) is 12.0 Å². The average molecular weight is 398 g/mol. The summed E-state index contributed by atoms with van der Waals surface area (Å²) in [6.45, 7) is 4.05. The second-order valence-corrected chi connectivity index (χ2v) is 7.54. The first-order valence-corrected chi connectivity index (χ1v) is 10.2. The first-order chi connectivity index (χ1) is 12.9. The van der Waals surface area contributed by atoms with Crippen molar-refractivity contribution in [1.29, 1.82) is 0 Å². The van der Waals surface area contributed by atoms with E-state index in [2.05, 4.69) is 10.6 Å². The minimum Gasteiger partial charge on any atom is -0.442 e. The van der Waals surface area contributed by atoms with Crippen LogP contribution in [0.4, 0.5) is 0 Å². The number of carbonyl (C=O) groups excluding carboxylic acids is 3. The van der Waals surface area contributed by atoms with Gasteiger partial charge in [0.1, 0.15) is 17.8 Å². The van der Waals surface area contributed by atoms with Gasteiger partial charge in [-0.2, -0.15) is 11.8 Å². The Balaban J connectivity index is 2.80. The number of amides is 2. The van der Waals surface area contributed by atoms with E-state index in [1.54, 1.807) is 36.0 Å². The van der Waals surface area contributed by atoms with Crippen molar-refractivity contribution in [2.45, 2.75) is 45.4 Å². The lowest BCUT2D eigenvalue weighted by Gasteiger charge is -2.22. The normalized spacial score (nSPS) is 12.9. The van der Waals surface area contributed by atoms with Gasteiger partial charge in [-0.3, -0.25) is 9.59 Å². The van der Waals surface area contributed by atoms with Crippen LogP contribution in [0.1, 0.15) is 32.3 Å². The fourth-order valence-corrected chi connectivity index (χ4v) is 2.90. The van der Waals surface area contributed by atoms with Gasteiger partial charge in [0.25, 0.3) is 0 Å². The number of hydrogen-bond acceptors (Lipinski definition) is 5. The van der Waals surface area contributed by atoms with Gasteiger partial charge < -0.3 is 20.5 Å². The summed E-state index contributed by atoms with van der Waals surface area (Å²) in [6.07, 6.45) is 3.31. The van der Waals surface area contributed by atoms with E-state index in [0.717, 1.165) is 5.56 Å². The zero-order valence-corrected chi connectivity index (χ0v) is 16.8. The van der Waals surface area contributed by atoms with Gasteiger partial charge in [-0.25, -0.2) is 4.79 Å². The second kappa shape index (κ2) is 12.3. The van der Waals surface area contributed by atoms with Gasteiger partial charge in [-0.05, 0) is 55.0 Å². The number of thioether (sulfide) groups is 1. The smallest absolute Gasteiger partial charge is 0.334 e. The SMILES string of the molecule is CSCCC(NC=O)C(=O)NC(CC(C)C)C(=O)Oc1ccc(C[OH2+])cc1. The standard InChI is InChI=1S/C19H28N2O5S/c1-13(2)10-17(21-18(24)16(20-12-23)8-9-27-3)19(25)26-15-6-4-14(11-22)5-7-15/h4-7,12-13,16-17,22H,8-11H2,1-3H3,(H,20,23)(H,21,24)/p+1. The van der Waals surface area contributed by atoms with Gasteiger partial charge in [0.15, 0.2) is 6.61 Å². The van der Waals surface area contributed by atoms with Gasteiger partial charge in [-0.15, -0.1) is 0 Å². The van der Waals surface area contributed by atoms with Crippen molar-refractivity contribution in [3.8, 4) is 5.75 Å². The molecule has 150 valence electrons.